The van der Waals surface area contributed by atoms with Crippen LogP contribution in [-0.4, -0.2) is 227 Å². The molecule has 23 nitrogen and oxygen atoms in total. The molecule has 0 aliphatic carbocycles. The quantitative estimate of drug-likeness (QED) is 0.149. The van der Waals surface area contributed by atoms with Crippen molar-refractivity contribution in [2.75, 3.05) is 88.3 Å². The van der Waals surface area contributed by atoms with Crippen LogP contribution in [0.1, 0.15) is 21.0 Å². The zero-order valence-corrected chi connectivity index (χ0v) is 46.3. The van der Waals surface area contributed by atoms with Crippen molar-refractivity contribution in [3.8, 4) is 5.88 Å². The molecule has 4 heterocycles. The second-order valence-corrected chi connectivity index (χ2v) is 23.2. The minimum absolute atomic E-state index is 0.0638. The number of para-hydroxylation sites is 4. The second-order valence-electron chi connectivity index (χ2n) is 16.8. The fraction of sp³-hybridized carbons (Fsp3) is 0.435. The van der Waals surface area contributed by atoms with E-state index < -0.39 is 124 Å². The van der Waals surface area contributed by atoms with Gasteiger partial charge in [0.25, 0.3) is 11.8 Å². The number of fused-ring (bicyclic) bond motifs is 7. The topological polar surface area (TPSA) is 304 Å². The van der Waals surface area contributed by atoms with Crippen molar-refractivity contribution in [3.05, 3.63) is 66.1 Å². The Bertz CT molecular complexity index is 2850. The van der Waals surface area contributed by atoms with Gasteiger partial charge in [-0.15, -0.1) is 0 Å². The number of likely N-dealkylation sites (N-methyl/N-ethyl adjacent to an activating group) is 4. The number of nitrogens with one attached hydrogen (secondary N) is 4. The summed E-state index contributed by atoms with van der Waals surface area (Å²) in [7, 11) is 7.65. The third-order valence-corrected chi connectivity index (χ3v) is 17.8. The molecule has 8 amide bonds. The molecular formula is C46H54N12O11S6. The highest BCUT2D eigenvalue weighted by Crippen LogP contribution is 2.29. The SMILES string of the molecule is CSC[C@H]1C(=O)SC[C@@H](NC(=O)c2nc3ccccc3nc2O)C(=O)NCC(=O)N(C)[C@H]2CSSC[C@@H](C(=O)N1C)N(C)C(=O)CNC(=O)[C@H](NC(=O)c1cnc3ccccc3n1)CSC(=O)[C@H](CSC)N(C)C2=O. The van der Waals surface area contributed by atoms with Gasteiger partial charge < -0.3 is 46.0 Å². The molecule has 2 aromatic carbocycles. The van der Waals surface area contributed by atoms with E-state index in [-0.39, 0.29) is 45.5 Å². The predicted octanol–water partition coefficient (Wildman–Crippen LogP) is 0.370. The summed E-state index contributed by atoms with van der Waals surface area (Å²) < 4.78 is 0. The first-order chi connectivity index (χ1) is 35.8. The fourth-order valence-electron chi connectivity index (χ4n) is 7.42. The summed E-state index contributed by atoms with van der Waals surface area (Å²) in [6.45, 7) is -1.36. The molecule has 0 spiro atoms. The molecule has 2 aliphatic rings. The Kier molecular flexibility index (Phi) is 21.2. The summed E-state index contributed by atoms with van der Waals surface area (Å²) in [5.74, 6) is -8.11. The summed E-state index contributed by atoms with van der Waals surface area (Å²) >= 11 is 3.76. The van der Waals surface area contributed by atoms with E-state index in [4.69, 9.17) is 0 Å². The number of hydrogen-bond acceptors (Lipinski definition) is 21. The van der Waals surface area contributed by atoms with E-state index >= 15 is 0 Å². The number of nitrogens with zero attached hydrogens (tertiary/aromatic N) is 8. The zero-order valence-electron chi connectivity index (χ0n) is 41.4. The number of hydrogen-bond donors (Lipinski definition) is 5. The molecule has 6 atom stereocenters. The zero-order chi connectivity index (χ0) is 54.5. The molecule has 2 aromatic heterocycles. The summed E-state index contributed by atoms with van der Waals surface area (Å²) in [4.78, 5) is 163. The average molecular weight is 1140 g/mol. The first kappa shape index (κ1) is 58.4. The molecule has 2 fully saturated rings. The van der Waals surface area contributed by atoms with Crippen LogP contribution in [0.5, 0.6) is 5.88 Å². The van der Waals surface area contributed by atoms with Crippen molar-refractivity contribution >= 4 is 148 Å². The van der Waals surface area contributed by atoms with Gasteiger partial charge in [-0.25, -0.2) is 15.0 Å². The van der Waals surface area contributed by atoms with Crippen LogP contribution >= 0.6 is 68.6 Å². The van der Waals surface area contributed by atoms with Crippen LogP contribution in [-0.2, 0) is 38.4 Å². The van der Waals surface area contributed by atoms with Gasteiger partial charge >= 0.3 is 0 Å². The normalized spacial score (nSPS) is 23.0. The van der Waals surface area contributed by atoms with Crippen LogP contribution in [0, 0.1) is 0 Å². The maximum atomic E-state index is 14.7. The van der Waals surface area contributed by atoms with Crippen molar-refractivity contribution in [1.82, 2.24) is 60.8 Å². The predicted molar refractivity (Wildman–Crippen MR) is 292 cm³/mol. The van der Waals surface area contributed by atoms with Crippen LogP contribution in [0.25, 0.3) is 22.1 Å². The maximum Gasteiger partial charge on any atom is 0.276 e. The van der Waals surface area contributed by atoms with E-state index in [2.05, 4.69) is 41.2 Å². The molecule has 0 saturated carbocycles. The number of carbonyl (C=O) groups is 10. The lowest BCUT2D eigenvalue weighted by molar-refractivity contribution is -0.144. The molecule has 75 heavy (non-hydrogen) atoms. The molecule has 5 N–H and O–H groups in total. The molecule has 400 valence electrons. The average Bonchev–Trinajstić information content (AvgIpc) is 3.41. The van der Waals surface area contributed by atoms with Gasteiger partial charge in [0.15, 0.2) is 5.69 Å². The lowest BCUT2D eigenvalue weighted by atomic mass is 10.2. The van der Waals surface area contributed by atoms with E-state index in [9.17, 15) is 53.1 Å². The molecule has 0 radical (unpaired) electrons. The first-order valence-electron chi connectivity index (χ1n) is 22.8. The van der Waals surface area contributed by atoms with E-state index in [1.165, 1.54) is 67.7 Å². The largest absolute Gasteiger partial charge is 0.492 e. The number of aromatic hydroxyl groups is 1. The Labute approximate surface area is 455 Å². The number of benzene rings is 2. The minimum atomic E-state index is -1.55. The Balaban J connectivity index is 1.35. The molecule has 0 unspecified atom stereocenters. The van der Waals surface area contributed by atoms with Gasteiger partial charge in [-0.3, -0.25) is 52.9 Å². The molecule has 2 bridgehead atoms. The second kappa shape index (κ2) is 27.3. The van der Waals surface area contributed by atoms with E-state index in [1.807, 2.05) is 0 Å². The third kappa shape index (κ3) is 14.7. The lowest BCUT2D eigenvalue weighted by Gasteiger charge is -2.35. The van der Waals surface area contributed by atoms with E-state index in [0.29, 0.717) is 34.6 Å². The third-order valence-electron chi connectivity index (χ3n) is 12.0. The van der Waals surface area contributed by atoms with Gasteiger partial charge in [-0.2, -0.15) is 23.5 Å². The Morgan fingerprint density at radius 1 is 0.613 bits per heavy atom. The smallest absolute Gasteiger partial charge is 0.276 e. The summed E-state index contributed by atoms with van der Waals surface area (Å²) in [5.41, 5.74) is 0.816. The fourth-order valence-corrected chi connectivity index (χ4v) is 13.5. The Morgan fingerprint density at radius 2 is 1.04 bits per heavy atom. The number of rotatable bonds is 8. The van der Waals surface area contributed by atoms with Crippen molar-refractivity contribution in [1.29, 1.82) is 0 Å². The lowest BCUT2D eigenvalue weighted by Crippen LogP contribution is -2.57. The standard InChI is InChI=1S/C46H54N12O11S6/c1-55-31-22-74-75-23-32(43(66)57(3)33(20-70-5)45(68)72-18-29(38(61)48-16-35(55)59)53-40(63)28-15-47-24-11-7-8-12-25(24)50-28)56(2)36(60)17-49-39(62)30(19-73-46(69)34(21-71-6)58(4)44(31)67)54-42(65)37-41(64)52-27-14-10-9-13-26(27)51-37/h7-15,29-34H,16-23H2,1-6H3,(H,48,61)(H,49,62)(H,52,64)(H,53,63)(H,54,65)/t29-,30-,31+,32+,33+,34+/m1/s1. The highest BCUT2D eigenvalue weighted by Gasteiger charge is 2.39. The van der Waals surface area contributed by atoms with Gasteiger partial charge in [0.2, 0.25) is 51.6 Å². The molecule has 6 rings (SSSR count). The Morgan fingerprint density at radius 3 is 1.51 bits per heavy atom. The van der Waals surface area contributed by atoms with Gasteiger partial charge in [0.05, 0.1) is 41.4 Å². The number of carbonyl (C=O) groups excluding carboxylic acids is 10. The van der Waals surface area contributed by atoms with Crippen LogP contribution in [0.4, 0.5) is 0 Å². The Hall–Kier alpha value is -5.88. The summed E-state index contributed by atoms with van der Waals surface area (Å²) in [5, 5.41) is 19.7. The molecule has 4 aromatic rings. The van der Waals surface area contributed by atoms with Crippen molar-refractivity contribution in [2.45, 2.75) is 36.3 Å². The van der Waals surface area contributed by atoms with Crippen LogP contribution in [0.2, 0.25) is 0 Å². The number of amides is 8. The maximum absolute atomic E-state index is 14.7. The number of thioether (sulfide) groups is 4. The van der Waals surface area contributed by atoms with Crippen LogP contribution in [0.15, 0.2) is 54.7 Å². The molecule has 2 aliphatic heterocycles. The van der Waals surface area contributed by atoms with Gasteiger partial charge in [0, 0.05) is 62.7 Å². The highest BCUT2D eigenvalue weighted by atomic mass is 33.1. The number of aromatic nitrogens is 4. The van der Waals surface area contributed by atoms with E-state index in [0.717, 1.165) is 31.4 Å². The van der Waals surface area contributed by atoms with Crippen molar-refractivity contribution < 1.29 is 53.1 Å². The molecule has 2 saturated heterocycles. The van der Waals surface area contributed by atoms with Crippen molar-refractivity contribution in [2.24, 2.45) is 0 Å². The summed E-state index contributed by atoms with van der Waals surface area (Å²) in [6, 6.07) is 5.40. The van der Waals surface area contributed by atoms with Gasteiger partial charge in [-0.1, -0.05) is 69.4 Å². The molecule has 29 heteroatoms. The minimum Gasteiger partial charge on any atom is -0.492 e. The van der Waals surface area contributed by atoms with Crippen LogP contribution < -0.4 is 21.3 Å². The molecular weight excluding hydrogens is 1090 g/mol. The monoisotopic (exact) mass is 1140 g/mol. The van der Waals surface area contributed by atoms with Crippen molar-refractivity contribution in [3.63, 3.8) is 0 Å². The van der Waals surface area contributed by atoms with Gasteiger partial charge in [0.1, 0.15) is 41.9 Å². The van der Waals surface area contributed by atoms with Crippen LogP contribution in [0.3, 0.4) is 0 Å². The van der Waals surface area contributed by atoms with Gasteiger partial charge in [-0.05, 0) is 36.8 Å². The summed E-state index contributed by atoms with van der Waals surface area (Å²) in [6.07, 6.45) is 4.66. The van der Waals surface area contributed by atoms with E-state index in [1.54, 1.807) is 61.0 Å². The highest BCUT2D eigenvalue weighted by molar-refractivity contribution is 8.76. The first-order valence-corrected chi connectivity index (χ1v) is 30.0.